The molecular weight excluding hydrogens is 183 g/mol. The Morgan fingerprint density at radius 2 is 1.85 bits per heavy atom. The fraction of sp³-hybridized carbons (Fsp3) is 1.00. The lowest BCUT2D eigenvalue weighted by Gasteiger charge is -2.18. The van der Waals surface area contributed by atoms with Gasteiger partial charge in [-0.2, -0.15) is 0 Å². The van der Waals surface area contributed by atoms with Crippen LogP contribution in [0.15, 0.2) is 0 Å². The summed E-state index contributed by atoms with van der Waals surface area (Å²) in [5, 5.41) is 0. The van der Waals surface area contributed by atoms with Crippen molar-refractivity contribution in [2.45, 2.75) is 52.1 Å². The maximum absolute atomic E-state index is 11.4. The zero-order valence-corrected chi connectivity index (χ0v) is 10.3. The van der Waals surface area contributed by atoms with Crippen molar-refractivity contribution in [1.29, 1.82) is 0 Å². The second-order valence-electron chi connectivity index (χ2n) is 3.88. The first-order valence-electron chi connectivity index (χ1n) is 5.23. The van der Waals surface area contributed by atoms with E-state index in [2.05, 4.69) is 13.8 Å². The molecule has 0 radical (unpaired) electrons. The van der Waals surface area contributed by atoms with Gasteiger partial charge in [-0.3, -0.25) is 4.57 Å². The van der Waals surface area contributed by atoms with Gasteiger partial charge in [-0.25, -0.2) is 0 Å². The number of rotatable bonds is 7. The number of unbranched alkanes of at least 4 members (excludes halogenated alkanes) is 2. The molecule has 0 saturated carbocycles. The van der Waals surface area contributed by atoms with Crippen LogP contribution < -0.4 is 0 Å². The molecule has 0 bridgehead atoms. The molecular formula is C10H23O2P. The Morgan fingerprint density at radius 1 is 1.23 bits per heavy atom. The predicted molar refractivity (Wildman–Crippen MR) is 58.8 cm³/mol. The fourth-order valence-electron chi connectivity index (χ4n) is 1.31. The van der Waals surface area contributed by atoms with Gasteiger partial charge in [0, 0.05) is 13.3 Å². The van der Waals surface area contributed by atoms with Gasteiger partial charge in [0.2, 0.25) is 0 Å². The van der Waals surface area contributed by atoms with Crippen molar-refractivity contribution >= 4 is 7.37 Å². The normalized spacial score (nSPS) is 14.5. The Morgan fingerprint density at radius 3 is 2.23 bits per heavy atom. The van der Waals surface area contributed by atoms with Crippen LogP contribution >= 0.6 is 7.37 Å². The van der Waals surface area contributed by atoms with Crippen LogP contribution in [0.4, 0.5) is 0 Å². The van der Waals surface area contributed by atoms with Gasteiger partial charge in [0.05, 0.1) is 6.10 Å². The summed E-state index contributed by atoms with van der Waals surface area (Å²) in [6.45, 7) is 7.66. The van der Waals surface area contributed by atoms with E-state index >= 15 is 0 Å². The van der Waals surface area contributed by atoms with Crippen LogP contribution in [-0.2, 0) is 9.09 Å². The van der Waals surface area contributed by atoms with E-state index in [0.29, 0.717) is 0 Å². The van der Waals surface area contributed by atoms with E-state index in [1.165, 1.54) is 19.3 Å². The zero-order valence-electron chi connectivity index (χ0n) is 9.38. The fourth-order valence-corrected chi connectivity index (χ4v) is 2.28. The monoisotopic (exact) mass is 206 g/mol. The Hall–Kier alpha value is 0.190. The lowest BCUT2D eigenvalue weighted by molar-refractivity contribution is 0.189. The predicted octanol–water partition coefficient (Wildman–Crippen LogP) is 3.90. The summed E-state index contributed by atoms with van der Waals surface area (Å²) < 4.78 is 16.9. The molecule has 0 saturated heterocycles. The van der Waals surface area contributed by atoms with E-state index in [0.717, 1.165) is 12.8 Å². The van der Waals surface area contributed by atoms with Gasteiger partial charge in [-0.05, 0) is 12.8 Å². The summed E-state index contributed by atoms with van der Waals surface area (Å²) in [4.78, 5) is 0. The Balaban J connectivity index is 3.70. The van der Waals surface area contributed by atoms with Crippen LogP contribution in [0.5, 0.6) is 0 Å². The molecule has 0 amide bonds. The molecule has 0 aromatic heterocycles. The minimum atomic E-state index is -2.29. The van der Waals surface area contributed by atoms with E-state index in [4.69, 9.17) is 4.52 Å². The Bertz CT molecular complexity index is 162. The molecule has 0 aliphatic carbocycles. The zero-order chi connectivity index (χ0) is 10.3. The van der Waals surface area contributed by atoms with Gasteiger partial charge >= 0.3 is 0 Å². The molecule has 2 nitrogen and oxygen atoms in total. The molecule has 1 atom stereocenters. The molecule has 0 heterocycles. The van der Waals surface area contributed by atoms with Crippen LogP contribution in [-0.4, -0.2) is 19.4 Å². The van der Waals surface area contributed by atoms with E-state index in [9.17, 15) is 4.57 Å². The smallest absolute Gasteiger partial charge is 0.197 e. The molecule has 0 aliphatic heterocycles. The first-order chi connectivity index (χ1) is 5.99. The third kappa shape index (κ3) is 8.52. The molecule has 80 valence electrons. The minimum Gasteiger partial charge on any atom is -0.325 e. The summed E-state index contributed by atoms with van der Waals surface area (Å²) >= 11 is 0. The summed E-state index contributed by atoms with van der Waals surface area (Å²) in [5.41, 5.74) is 0. The van der Waals surface area contributed by atoms with Gasteiger partial charge < -0.3 is 4.52 Å². The van der Waals surface area contributed by atoms with Crippen LogP contribution in [0.1, 0.15) is 46.0 Å². The second kappa shape index (κ2) is 6.62. The first-order valence-corrected chi connectivity index (χ1v) is 7.75. The van der Waals surface area contributed by atoms with Crippen LogP contribution in [0.2, 0.25) is 0 Å². The third-order valence-corrected chi connectivity index (χ3v) is 2.79. The topological polar surface area (TPSA) is 26.3 Å². The van der Waals surface area contributed by atoms with Crippen molar-refractivity contribution in [3.05, 3.63) is 0 Å². The van der Waals surface area contributed by atoms with Crippen LogP contribution in [0.3, 0.4) is 0 Å². The molecule has 0 N–H and O–H groups in total. The molecule has 0 rings (SSSR count). The second-order valence-corrected chi connectivity index (χ2v) is 6.60. The minimum absolute atomic E-state index is 0.201. The van der Waals surface area contributed by atoms with Crippen LogP contribution in [0.25, 0.3) is 0 Å². The Labute approximate surface area is 82.5 Å². The van der Waals surface area contributed by atoms with Crippen LogP contribution in [0, 0.1) is 0 Å². The molecule has 0 spiro atoms. The van der Waals surface area contributed by atoms with Gasteiger partial charge in [0.15, 0.2) is 7.37 Å². The lowest BCUT2D eigenvalue weighted by Crippen LogP contribution is -2.09. The van der Waals surface area contributed by atoms with E-state index in [-0.39, 0.29) is 6.10 Å². The summed E-state index contributed by atoms with van der Waals surface area (Å²) in [7, 11) is -2.29. The molecule has 0 fully saturated rings. The van der Waals surface area contributed by atoms with E-state index in [1.54, 1.807) is 13.3 Å². The van der Waals surface area contributed by atoms with Crippen molar-refractivity contribution in [3.63, 3.8) is 0 Å². The maximum Gasteiger partial charge on any atom is 0.197 e. The molecule has 1 unspecified atom stereocenters. The van der Waals surface area contributed by atoms with Gasteiger partial charge in [-0.1, -0.05) is 33.1 Å². The van der Waals surface area contributed by atoms with Gasteiger partial charge in [0.25, 0.3) is 0 Å². The highest BCUT2D eigenvalue weighted by molar-refractivity contribution is 7.57. The highest BCUT2D eigenvalue weighted by Crippen LogP contribution is 2.40. The molecule has 0 aromatic carbocycles. The highest BCUT2D eigenvalue weighted by Gasteiger charge is 2.14. The number of hydrogen-bond donors (Lipinski definition) is 0. The summed E-state index contributed by atoms with van der Waals surface area (Å²) in [6.07, 6.45) is 5.89. The average Bonchev–Trinajstić information content (AvgIpc) is 2.01. The largest absolute Gasteiger partial charge is 0.325 e. The van der Waals surface area contributed by atoms with Crippen molar-refractivity contribution in [1.82, 2.24) is 0 Å². The summed E-state index contributed by atoms with van der Waals surface area (Å²) in [6, 6.07) is 0. The highest BCUT2D eigenvalue weighted by atomic mass is 31.2. The van der Waals surface area contributed by atoms with Gasteiger partial charge in [-0.15, -0.1) is 0 Å². The SMILES string of the molecule is CCCCCC(CC)OP(C)(C)=O. The van der Waals surface area contributed by atoms with Crippen molar-refractivity contribution in [2.75, 3.05) is 13.3 Å². The molecule has 3 heteroatoms. The van der Waals surface area contributed by atoms with Crippen molar-refractivity contribution in [3.8, 4) is 0 Å². The third-order valence-electron chi connectivity index (χ3n) is 1.99. The Kier molecular flexibility index (Phi) is 6.71. The maximum atomic E-state index is 11.4. The molecule has 13 heavy (non-hydrogen) atoms. The van der Waals surface area contributed by atoms with Crippen molar-refractivity contribution in [2.24, 2.45) is 0 Å². The van der Waals surface area contributed by atoms with Gasteiger partial charge in [0.1, 0.15) is 0 Å². The lowest BCUT2D eigenvalue weighted by atomic mass is 10.1. The standard InChI is InChI=1S/C10H23O2P/c1-5-7-8-9-10(6-2)12-13(3,4)11/h10H,5-9H2,1-4H3. The van der Waals surface area contributed by atoms with E-state index < -0.39 is 7.37 Å². The number of hydrogen-bond acceptors (Lipinski definition) is 2. The van der Waals surface area contributed by atoms with E-state index in [1.807, 2.05) is 0 Å². The average molecular weight is 206 g/mol. The summed E-state index contributed by atoms with van der Waals surface area (Å²) in [5.74, 6) is 0. The molecule has 0 aliphatic rings. The molecule has 0 aromatic rings. The van der Waals surface area contributed by atoms with Crippen molar-refractivity contribution < 1.29 is 9.09 Å². The first kappa shape index (κ1) is 13.2. The quantitative estimate of drug-likeness (QED) is 0.466.